The molecule has 1 nitrogen and oxygen atoms in total. The maximum atomic E-state index is 4.36. The van der Waals surface area contributed by atoms with Gasteiger partial charge in [-0.1, -0.05) is 100 Å². The Morgan fingerprint density at radius 1 is 1.04 bits per heavy atom. The van der Waals surface area contributed by atoms with Crippen LogP contribution in [-0.2, 0) is 0 Å². The highest BCUT2D eigenvalue weighted by Crippen LogP contribution is 2.37. The minimum Gasteiger partial charge on any atom is -0.255 e. The zero-order valence-electron chi connectivity index (χ0n) is 18.2. The van der Waals surface area contributed by atoms with Crippen molar-refractivity contribution in [2.75, 3.05) is 0 Å². The Hall–Kier alpha value is -2.32. The molecule has 2 aromatic carbocycles. The van der Waals surface area contributed by atoms with E-state index in [2.05, 4.69) is 113 Å². The van der Waals surface area contributed by atoms with E-state index >= 15 is 0 Å². The predicted octanol–water partition coefficient (Wildman–Crippen LogP) is 7.00. The number of allylic oxidation sites excluding steroid dienone is 2. The molecule has 0 spiro atoms. The fraction of sp³-hybridized carbons (Fsp3) is 0.308. The number of nitrogens with zero attached hydrogens (tertiary/aromatic N) is 1. The lowest BCUT2D eigenvalue weighted by Crippen LogP contribution is -2.32. The summed E-state index contributed by atoms with van der Waals surface area (Å²) >= 11 is 0. The maximum Gasteiger partial charge on any atom is 0.147 e. The van der Waals surface area contributed by atoms with Gasteiger partial charge in [0, 0.05) is 0 Å². The molecule has 0 aromatic heterocycles. The van der Waals surface area contributed by atoms with Crippen molar-refractivity contribution in [1.82, 2.24) is 0 Å². The van der Waals surface area contributed by atoms with Crippen LogP contribution in [0.1, 0.15) is 31.4 Å². The summed E-state index contributed by atoms with van der Waals surface area (Å²) in [5.41, 5.74) is 6.58. The average molecular weight is 388 g/mol. The standard InChI is InChI=1S/C26H33NSi/c1-8-19(2)24-17-25(27(4)18-26(24)28(5,6)7)23-15-14-22(16-20(23)3)21-12-10-9-11-13-21/h9-19H,4,8H2,1-3,5-7H3. The molecule has 1 aliphatic heterocycles. The molecule has 2 heteroatoms. The van der Waals surface area contributed by atoms with Crippen LogP contribution in [0.25, 0.3) is 11.1 Å². The van der Waals surface area contributed by atoms with Gasteiger partial charge in [-0.15, -0.1) is 6.07 Å². The summed E-state index contributed by atoms with van der Waals surface area (Å²) in [6.07, 6.45) is 5.86. The molecule has 1 heterocycles. The van der Waals surface area contributed by atoms with Gasteiger partial charge >= 0.3 is 0 Å². The quantitative estimate of drug-likeness (QED) is 0.295. The lowest BCUT2D eigenvalue weighted by atomic mass is 9.89. The summed E-state index contributed by atoms with van der Waals surface area (Å²) in [4.78, 5) is 0. The van der Waals surface area contributed by atoms with Gasteiger partial charge in [0.2, 0.25) is 0 Å². The number of benzene rings is 2. The highest BCUT2D eigenvalue weighted by atomic mass is 28.3. The molecule has 146 valence electrons. The third-order valence-corrected chi connectivity index (χ3v) is 7.79. The van der Waals surface area contributed by atoms with Gasteiger partial charge in [0.1, 0.15) is 12.2 Å². The van der Waals surface area contributed by atoms with Crippen LogP contribution in [0.15, 0.2) is 71.6 Å². The van der Waals surface area contributed by atoms with E-state index < -0.39 is 8.07 Å². The predicted molar refractivity (Wildman–Crippen MR) is 125 cm³/mol. The Bertz CT molecular complexity index is 929. The van der Waals surface area contributed by atoms with Crippen LogP contribution in [-0.4, -0.2) is 19.4 Å². The topological polar surface area (TPSA) is 3.01 Å². The van der Waals surface area contributed by atoms with E-state index in [1.54, 1.807) is 0 Å². The fourth-order valence-corrected chi connectivity index (χ4v) is 5.58. The van der Waals surface area contributed by atoms with E-state index in [1.165, 1.54) is 39.1 Å². The molecule has 0 fully saturated rings. The molecule has 3 rings (SSSR count). The first-order valence-electron chi connectivity index (χ1n) is 10.3. The van der Waals surface area contributed by atoms with Crippen molar-refractivity contribution < 1.29 is 4.58 Å². The van der Waals surface area contributed by atoms with Crippen molar-refractivity contribution in [3.63, 3.8) is 0 Å². The second-order valence-corrected chi connectivity index (χ2v) is 14.0. The van der Waals surface area contributed by atoms with Crippen molar-refractivity contribution >= 4 is 14.8 Å². The molecule has 1 unspecified atom stereocenters. The van der Waals surface area contributed by atoms with Crippen LogP contribution >= 0.6 is 0 Å². The molecule has 1 aliphatic rings. The van der Waals surface area contributed by atoms with Crippen LogP contribution in [0.2, 0.25) is 19.6 Å². The zero-order chi connectivity index (χ0) is 20.5. The second kappa shape index (κ2) is 7.96. The van der Waals surface area contributed by atoms with E-state index in [1.807, 2.05) is 0 Å². The normalized spacial score (nSPS) is 15.9. The monoisotopic (exact) mass is 387 g/mol. The summed E-state index contributed by atoms with van der Waals surface area (Å²) in [6.45, 7) is 18.5. The first-order chi connectivity index (χ1) is 13.2. The molecule has 28 heavy (non-hydrogen) atoms. The molecular weight excluding hydrogens is 354 g/mol. The molecule has 0 aliphatic carbocycles. The summed E-state index contributed by atoms with van der Waals surface area (Å²) < 4.78 is 2.09. The molecule has 0 saturated heterocycles. The van der Waals surface area contributed by atoms with E-state index in [9.17, 15) is 0 Å². The minimum absolute atomic E-state index is 0.561. The van der Waals surface area contributed by atoms with E-state index in [-0.39, 0.29) is 0 Å². The number of hydrogen-bond donors (Lipinski definition) is 0. The Labute approximate surface area is 172 Å². The van der Waals surface area contributed by atoms with Gasteiger partial charge in [-0.3, -0.25) is 4.58 Å². The van der Waals surface area contributed by atoms with E-state index in [4.69, 9.17) is 0 Å². The third kappa shape index (κ3) is 4.07. The molecule has 0 N–H and O–H groups in total. The SMILES string of the molecule is C=[N+]1C=C([Si](C)(C)C)C(C(C)CC)=C[C-]1c1ccc(-c2ccccc2)cc1C. The first-order valence-corrected chi connectivity index (χ1v) is 13.8. The maximum absolute atomic E-state index is 4.36. The van der Waals surface area contributed by atoms with Crippen molar-refractivity contribution in [2.45, 2.75) is 46.8 Å². The summed E-state index contributed by atoms with van der Waals surface area (Å²) in [5, 5.41) is 1.53. The van der Waals surface area contributed by atoms with Gasteiger partial charge in [0.25, 0.3) is 0 Å². The lowest BCUT2D eigenvalue weighted by Gasteiger charge is -2.34. The van der Waals surface area contributed by atoms with Crippen molar-refractivity contribution in [3.05, 3.63) is 88.7 Å². The van der Waals surface area contributed by atoms with Crippen LogP contribution in [0, 0.1) is 18.9 Å². The van der Waals surface area contributed by atoms with E-state index in [0.29, 0.717) is 5.92 Å². The van der Waals surface area contributed by atoms with Gasteiger partial charge in [-0.25, -0.2) is 0 Å². The largest absolute Gasteiger partial charge is 0.255 e. The Morgan fingerprint density at radius 2 is 1.71 bits per heavy atom. The van der Waals surface area contributed by atoms with E-state index in [0.717, 1.165) is 6.42 Å². The third-order valence-electron chi connectivity index (χ3n) is 5.76. The second-order valence-electron chi connectivity index (χ2n) is 8.95. The van der Waals surface area contributed by atoms with Gasteiger partial charge < -0.3 is 0 Å². The summed E-state index contributed by atoms with van der Waals surface area (Å²) in [6, 6.07) is 18.6. The molecule has 2 aromatic rings. The summed E-state index contributed by atoms with van der Waals surface area (Å²) in [5.74, 6) is 0.561. The molecule has 0 saturated carbocycles. The first kappa shape index (κ1) is 20.4. The van der Waals surface area contributed by atoms with Crippen LogP contribution in [0.4, 0.5) is 0 Å². The zero-order valence-corrected chi connectivity index (χ0v) is 19.2. The smallest absolute Gasteiger partial charge is 0.147 e. The Balaban J connectivity index is 2.03. The van der Waals surface area contributed by atoms with Gasteiger partial charge in [-0.05, 0) is 33.9 Å². The van der Waals surface area contributed by atoms with Crippen molar-refractivity contribution in [3.8, 4) is 11.1 Å². The fourth-order valence-electron chi connectivity index (χ4n) is 3.86. The minimum atomic E-state index is -1.44. The number of rotatable bonds is 5. The van der Waals surface area contributed by atoms with Crippen LogP contribution < -0.4 is 0 Å². The molecule has 0 amide bonds. The van der Waals surface area contributed by atoms with Gasteiger partial charge in [-0.2, -0.15) is 0 Å². The van der Waals surface area contributed by atoms with Gasteiger partial charge in [0.15, 0.2) is 0 Å². The van der Waals surface area contributed by atoms with Crippen LogP contribution in [0.5, 0.6) is 0 Å². The molecule has 0 radical (unpaired) electrons. The van der Waals surface area contributed by atoms with Crippen molar-refractivity contribution in [2.24, 2.45) is 5.92 Å². The Morgan fingerprint density at radius 3 is 2.29 bits per heavy atom. The number of aryl methyl sites for hydroxylation is 1. The highest BCUT2D eigenvalue weighted by Gasteiger charge is 2.31. The number of hydrogen-bond acceptors (Lipinski definition) is 0. The Kier molecular flexibility index (Phi) is 5.81. The highest BCUT2D eigenvalue weighted by molar-refractivity contribution is 6.84. The molecule has 0 bridgehead atoms. The average Bonchev–Trinajstić information content (AvgIpc) is 2.67. The van der Waals surface area contributed by atoms with Crippen molar-refractivity contribution in [1.29, 1.82) is 0 Å². The lowest BCUT2D eigenvalue weighted by molar-refractivity contribution is -0.418. The molecule has 1 atom stereocenters. The van der Waals surface area contributed by atoms with Crippen LogP contribution in [0.3, 0.4) is 0 Å². The van der Waals surface area contributed by atoms with Gasteiger partial charge in [0.05, 0.1) is 14.8 Å². The summed E-state index contributed by atoms with van der Waals surface area (Å²) in [7, 11) is -1.44. The molecular formula is C26H33NSi.